The first-order valence-electron chi connectivity index (χ1n) is 16.6. The Bertz CT molecular complexity index is 2370. The molecule has 1 nitrogen and oxygen atoms in total. The molecule has 0 unspecified atom stereocenters. The van der Waals surface area contributed by atoms with Crippen molar-refractivity contribution in [2.24, 2.45) is 4.99 Å². The van der Waals surface area contributed by atoms with Crippen LogP contribution in [0.25, 0.3) is 65.7 Å². The zero-order valence-corrected chi connectivity index (χ0v) is 28.0. The molecule has 0 saturated heterocycles. The Labute approximate surface area is 283 Å². The van der Waals surface area contributed by atoms with Crippen molar-refractivity contribution in [3.05, 3.63) is 175 Å². The van der Waals surface area contributed by atoms with Crippen LogP contribution in [0.1, 0.15) is 25.0 Å². The van der Waals surface area contributed by atoms with E-state index in [4.69, 9.17) is 4.99 Å². The molecule has 0 amide bonds. The third kappa shape index (κ3) is 6.28. The van der Waals surface area contributed by atoms with E-state index < -0.39 is 0 Å². The van der Waals surface area contributed by atoms with Crippen LogP contribution in [-0.2, 0) is 0 Å². The van der Waals surface area contributed by atoms with E-state index >= 15 is 0 Å². The molecule has 0 N–H and O–H groups in total. The molecule has 0 bridgehead atoms. The van der Waals surface area contributed by atoms with Gasteiger partial charge in [0.25, 0.3) is 0 Å². The molecule has 8 aromatic carbocycles. The smallest absolute Gasteiger partial charge is 0.0664 e. The highest BCUT2D eigenvalue weighted by Crippen LogP contribution is 2.44. The van der Waals surface area contributed by atoms with E-state index in [1.54, 1.807) is 0 Å². The van der Waals surface area contributed by atoms with Crippen LogP contribution in [0.3, 0.4) is 0 Å². The molecule has 232 valence electrons. The zero-order valence-electron chi connectivity index (χ0n) is 28.0. The lowest BCUT2D eigenvalue weighted by Gasteiger charge is -2.18. The maximum atomic E-state index is 4.78. The molecule has 48 heavy (non-hydrogen) atoms. The Morgan fingerprint density at radius 1 is 0.396 bits per heavy atom. The number of hydrogen-bond acceptors (Lipinski definition) is 1. The summed E-state index contributed by atoms with van der Waals surface area (Å²) in [6.07, 6.45) is 0. The van der Waals surface area contributed by atoms with Gasteiger partial charge in [-0.15, -0.1) is 0 Å². The lowest BCUT2D eigenvalue weighted by Crippen LogP contribution is -1.91. The minimum absolute atomic E-state index is 1.03. The molecule has 0 aromatic heterocycles. The maximum Gasteiger partial charge on any atom is 0.0664 e. The summed E-state index contributed by atoms with van der Waals surface area (Å²) in [6.45, 7) is 8.30. The lowest BCUT2D eigenvalue weighted by molar-refractivity contribution is 1.38. The quantitative estimate of drug-likeness (QED) is 0.138. The number of rotatable bonds is 4. The first kappa shape index (κ1) is 30.8. The van der Waals surface area contributed by atoms with E-state index in [9.17, 15) is 0 Å². The van der Waals surface area contributed by atoms with E-state index in [1.807, 2.05) is 32.0 Å². The number of fused-ring (bicyclic) bond motifs is 3. The molecule has 0 heterocycles. The van der Waals surface area contributed by atoms with Gasteiger partial charge in [0.05, 0.1) is 5.69 Å². The topological polar surface area (TPSA) is 12.4 Å². The fraction of sp³-hybridized carbons (Fsp3) is 0.0851. The van der Waals surface area contributed by atoms with Crippen molar-refractivity contribution < 1.29 is 0 Å². The van der Waals surface area contributed by atoms with Crippen LogP contribution in [0.4, 0.5) is 5.69 Å². The van der Waals surface area contributed by atoms with E-state index in [2.05, 4.69) is 159 Å². The molecule has 0 spiro atoms. The van der Waals surface area contributed by atoms with Crippen LogP contribution >= 0.6 is 0 Å². The van der Waals surface area contributed by atoms with Crippen molar-refractivity contribution in [1.82, 2.24) is 0 Å². The lowest BCUT2D eigenvalue weighted by atomic mass is 9.85. The van der Waals surface area contributed by atoms with E-state index in [0.29, 0.717) is 0 Å². The van der Waals surface area contributed by atoms with Gasteiger partial charge >= 0.3 is 0 Å². The van der Waals surface area contributed by atoms with Crippen LogP contribution < -0.4 is 0 Å². The molecule has 0 aliphatic heterocycles. The summed E-state index contributed by atoms with van der Waals surface area (Å²) in [6, 6.07) is 59.0. The minimum atomic E-state index is 1.03. The Balaban J connectivity index is 0.000000465. The number of aryl methyl sites for hydroxylation is 2. The largest absolute Gasteiger partial charge is 0.258 e. The van der Waals surface area contributed by atoms with Crippen LogP contribution in [0.15, 0.2) is 169 Å². The van der Waals surface area contributed by atoms with E-state index in [0.717, 1.165) is 11.4 Å². The molecule has 0 fully saturated rings. The summed E-state index contributed by atoms with van der Waals surface area (Å²) in [5.74, 6) is 0. The second-order valence-electron chi connectivity index (χ2n) is 12.7. The van der Waals surface area contributed by atoms with Gasteiger partial charge in [-0.25, -0.2) is 0 Å². The van der Waals surface area contributed by atoms with Crippen molar-refractivity contribution in [3.63, 3.8) is 0 Å². The normalized spacial score (nSPS) is 10.9. The highest BCUT2D eigenvalue weighted by atomic mass is 14.7. The Morgan fingerprint density at radius 3 is 1.48 bits per heavy atom. The summed E-state index contributed by atoms with van der Waals surface area (Å²) in [4.78, 5) is 4.78. The highest BCUT2D eigenvalue weighted by Gasteiger charge is 2.17. The molecular weight excluding hydrogens is 579 g/mol. The van der Waals surface area contributed by atoms with Gasteiger partial charge in [-0.3, -0.25) is 4.99 Å². The predicted molar refractivity (Wildman–Crippen MR) is 210 cm³/mol. The fourth-order valence-electron chi connectivity index (χ4n) is 6.63. The van der Waals surface area contributed by atoms with Crippen LogP contribution in [0, 0.1) is 13.8 Å². The van der Waals surface area contributed by atoms with E-state index in [-0.39, 0.29) is 0 Å². The van der Waals surface area contributed by atoms with Crippen molar-refractivity contribution >= 4 is 43.7 Å². The van der Waals surface area contributed by atoms with Crippen LogP contribution in [-0.4, -0.2) is 5.71 Å². The van der Waals surface area contributed by atoms with Gasteiger partial charge in [-0.1, -0.05) is 151 Å². The van der Waals surface area contributed by atoms with Crippen molar-refractivity contribution in [2.75, 3.05) is 0 Å². The zero-order chi connectivity index (χ0) is 33.0. The molecule has 0 atom stereocenters. The highest BCUT2D eigenvalue weighted by molar-refractivity contribution is 6.21. The number of hydrogen-bond donors (Lipinski definition) is 0. The van der Waals surface area contributed by atoms with Gasteiger partial charge in [0, 0.05) is 5.71 Å². The monoisotopic (exact) mass is 617 g/mol. The molecule has 8 aromatic rings. The van der Waals surface area contributed by atoms with Crippen LogP contribution in [0.5, 0.6) is 0 Å². The average Bonchev–Trinajstić information content (AvgIpc) is 3.12. The Kier molecular flexibility index (Phi) is 8.69. The average molecular weight is 618 g/mol. The molecule has 8 rings (SSSR count). The summed E-state index contributed by atoms with van der Waals surface area (Å²) < 4.78 is 0. The second kappa shape index (κ2) is 13.5. The predicted octanol–water partition coefficient (Wildman–Crippen LogP) is 13.6. The first-order chi connectivity index (χ1) is 23.5. The molecule has 0 radical (unpaired) electrons. The molecule has 0 aliphatic rings. The van der Waals surface area contributed by atoms with Gasteiger partial charge in [-0.2, -0.15) is 0 Å². The summed E-state index contributed by atoms with van der Waals surface area (Å²) >= 11 is 0. The second-order valence-corrected chi connectivity index (χ2v) is 12.7. The van der Waals surface area contributed by atoms with Crippen molar-refractivity contribution in [2.45, 2.75) is 27.7 Å². The van der Waals surface area contributed by atoms with Crippen molar-refractivity contribution in [1.29, 1.82) is 0 Å². The molecule has 0 saturated carbocycles. The van der Waals surface area contributed by atoms with Gasteiger partial charge in [0.2, 0.25) is 0 Å². The summed E-state index contributed by atoms with van der Waals surface area (Å²) in [5, 5.41) is 7.59. The Morgan fingerprint density at radius 2 is 0.896 bits per heavy atom. The van der Waals surface area contributed by atoms with Gasteiger partial charge in [0.1, 0.15) is 0 Å². The molecule has 0 aliphatic carbocycles. The van der Waals surface area contributed by atoms with Crippen LogP contribution in [0.2, 0.25) is 0 Å². The minimum Gasteiger partial charge on any atom is -0.258 e. The third-order valence-corrected chi connectivity index (χ3v) is 8.95. The SMILES string of the molecule is CC(C)=Nc1cc(-c2cccc(-c3c4ccccc4c(-c4ccc5ccccc5c4)c4ccccc34)c2)ccc1C.Cc1ccccc1. The summed E-state index contributed by atoms with van der Waals surface area (Å²) in [5.41, 5.74) is 12.0. The van der Waals surface area contributed by atoms with Crippen molar-refractivity contribution in [3.8, 4) is 33.4 Å². The van der Waals surface area contributed by atoms with Gasteiger partial charge in [0.15, 0.2) is 0 Å². The number of nitrogens with zero attached hydrogens (tertiary/aromatic N) is 1. The van der Waals surface area contributed by atoms with Gasteiger partial charge < -0.3 is 0 Å². The first-order valence-corrected chi connectivity index (χ1v) is 16.6. The standard InChI is InChI=1S/C40H31N.C7H8/c1-26(2)41-38-25-31(20-19-27(38)3)30-13-10-14-32(24-30)39-34-15-6-8-17-36(34)40(37-18-9-7-16-35(37)39)33-22-21-28-11-4-5-12-29(28)23-33;1-7-5-3-2-4-6-7/h4-25H,1-3H3;2-6H,1H3. The third-order valence-electron chi connectivity index (χ3n) is 8.95. The number of aliphatic imine (C=N–C) groups is 1. The molecular formula is C47H39N. The summed E-state index contributed by atoms with van der Waals surface area (Å²) in [7, 11) is 0. The van der Waals surface area contributed by atoms with E-state index in [1.165, 1.54) is 76.8 Å². The van der Waals surface area contributed by atoms with Gasteiger partial charge in [-0.05, 0) is 117 Å². The molecule has 1 heteroatoms. The number of benzene rings is 8. The Hall–Kier alpha value is -5.79. The fourth-order valence-corrected chi connectivity index (χ4v) is 6.63. The maximum absolute atomic E-state index is 4.78.